The van der Waals surface area contributed by atoms with Gasteiger partial charge in [-0.3, -0.25) is 14.4 Å². The minimum Gasteiger partial charge on any atom is -0.445 e. The van der Waals surface area contributed by atoms with Crippen molar-refractivity contribution in [3.63, 3.8) is 0 Å². The van der Waals surface area contributed by atoms with E-state index in [1.165, 1.54) is 11.3 Å². The van der Waals surface area contributed by atoms with Crippen molar-refractivity contribution in [3.05, 3.63) is 52.0 Å². The molecule has 1 aliphatic heterocycles. The number of hydrogen-bond donors (Lipinski definition) is 3. The van der Waals surface area contributed by atoms with Crippen LogP contribution in [0, 0.1) is 5.92 Å². The first-order valence-electron chi connectivity index (χ1n) is 11.8. The van der Waals surface area contributed by atoms with Crippen molar-refractivity contribution in [2.45, 2.75) is 64.6 Å². The van der Waals surface area contributed by atoms with Gasteiger partial charge in [-0.05, 0) is 37.2 Å². The second-order valence-electron chi connectivity index (χ2n) is 8.94. The monoisotopic (exact) mass is 500 g/mol. The molecule has 2 unspecified atom stereocenters. The molecule has 10 heteroatoms. The molecule has 0 saturated carbocycles. The normalized spacial score (nSPS) is 17.5. The zero-order chi connectivity index (χ0) is 25.2. The van der Waals surface area contributed by atoms with Crippen molar-refractivity contribution in [3.8, 4) is 0 Å². The van der Waals surface area contributed by atoms with E-state index in [1.807, 2.05) is 49.6 Å². The number of aryl methyl sites for hydroxylation is 2. The van der Waals surface area contributed by atoms with E-state index in [0.717, 1.165) is 22.7 Å². The number of rotatable bonds is 7. The van der Waals surface area contributed by atoms with Crippen molar-refractivity contribution in [1.82, 2.24) is 20.9 Å². The molecule has 1 aromatic carbocycles. The van der Waals surface area contributed by atoms with E-state index in [1.54, 1.807) is 0 Å². The lowest BCUT2D eigenvalue weighted by molar-refractivity contribution is -0.140. The summed E-state index contributed by atoms with van der Waals surface area (Å²) in [7, 11) is 0. The Hall–Kier alpha value is -3.27. The molecule has 0 radical (unpaired) electrons. The number of hydrogen-bond acceptors (Lipinski definition) is 7. The number of nitrogens with one attached hydrogen (secondary N) is 3. The first-order valence-corrected chi connectivity index (χ1v) is 12.7. The van der Waals surface area contributed by atoms with Gasteiger partial charge in [-0.25, -0.2) is 9.78 Å². The molecule has 2 atom stereocenters. The molecule has 3 rings (SSSR count). The largest absolute Gasteiger partial charge is 0.445 e. The molecule has 1 aromatic heterocycles. The van der Waals surface area contributed by atoms with Crippen LogP contribution in [0.15, 0.2) is 35.7 Å². The number of thiazole rings is 1. The van der Waals surface area contributed by atoms with Crippen LogP contribution in [0.3, 0.4) is 0 Å². The van der Waals surface area contributed by atoms with E-state index in [4.69, 9.17) is 4.74 Å². The van der Waals surface area contributed by atoms with Crippen LogP contribution >= 0.6 is 11.3 Å². The number of Topliss-reactive ketones (excluding diaryl/α,β-unsaturated/α-hetero) is 1. The molecule has 0 fully saturated rings. The predicted octanol–water partition coefficient (Wildman–Crippen LogP) is 2.53. The Morgan fingerprint density at radius 3 is 2.71 bits per heavy atom. The summed E-state index contributed by atoms with van der Waals surface area (Å²) in [4.78, 5) is 55.3. The standard InChI is InChI=1S/C25H32N4O5S/c1-16(2)13-20(29-25(33)34-14-17-7-4-3-5-8-17)23(31)28-19-10-11-21-27-18(15-35-21)9-6-12-26-24(32)22(19)30/h3-5,7-8,15-16,19-20H,6,9-14H2,1-2H3,(H,26,32)(H,28,31)(H,29,33). The molecule has 3 N–H and O–H groups in total. The van der Waals surface area contributed by atoms with Gasteiger partial charge in [0.2, 0.25) is 11.7 Å². The molecule has 2 heterocycles. The molecule has 9 nitrogen and oxygen atoms in total. The smallest absolute Gasteiger partial charge is 0.408 e. The summed E-state index contributed by atoms with van der Waals surface area (Å²) in [6.45, 7) is 4.26. The first kappa shape index (κ1) is 26.3. The fraction of sp³-hybridized carbons (Fsp3) is 0.480. The summed E-state index contributed by atoms with van der Waals surface area (Å²) < 4.78 is 5.26. The fourth-order valence-electron chi connectivity index (χ4n) is 3.71. The van der Waals surface area contributed by atoms with E-state index in [9.17, 15) is 19.2 Å². The van der Waals surface area contributed by atoms with Crippen molar-refractivity contribution in [2.24, 2.45) is 5.92 Å². The molecular weight excluding hydrogens is 468 g/mol. The summed E-state index contributed by atoms with van der Waals surface area (Å²) in [6.07, 6.45) is 1.70. The molecule has 0 aliphatic carbocycles. The molecule has 0 spiro atoms. The maximum absolute atomic E-state index is 13.1. The number of fused-ring (bicyclic) bond motifs is 2. The quantitative estimate of drug-likeness (QED) is 0.502. The lowest BCUT2D eigenvalue weighted by Crippen LogP contribution is -2.54. The molecule has 3 amide bonds. The van der Waals surface area contributed by atoms with Crippen molar-refractivity contribution in [2.75, 3.05) is 6.54 Å². The number of nitrogens with zero attached hydrogens (tertiary/aromatic N) is 1. The average Bonchev–Trinajstić information content (AvgIpc) is 3.29. The van der Waals surface area contributed by atoms with E-state index in [0.29, 0.717) is 25.8 Å². The van der Waals surface area contributed by atoms with E-state index in [2.05, 4.69) is 20.9 Å². The minimum atomic E-state index is -1.02. The lowest BCUT2D eigenvalue weighted by Gasteiger charge is -2.23. The van der Waals surface area contributed by atoms with Crippen molar-refractivity contribution >= 4 is 35.0 Å². The topological polar surface area (TPSA) is 126 Å². The van der Waals surface area contributed by atoms with Crippen molar-refractivity contribution in [1.29, 1.82) is 0 Å². The SMILES string of the molecule is CC(C)CC(NC(=O)OCc1ccccc1)C(=O)NC1CCc2nc(cs2)CCCNC(=O)C1=O. The van der Waals surface area contributed by atoms with Gasteiger partial charge in [-0.1, -0.05) is 44.2 Å². The van der Waals surface area contributed by atoms with Crippen LogP contribution in [0.5, 0.6) is 0 Å². The predicted molar refractivity (Wildman–Crippen MR) is 132 cm³/mol. The van der Waals surface area contributed by atoms with Gasteiger partial charge in [-0.15, -0.1) is 11.3 Å². The number of amides is 3. The van der Waals surface area contributed by atoms with Gasteiger partial charge in [-0.2, -0.15) is 0 Å². The highest BCUT2D eigenvalue weighted by Crippen LogP contribution is 2.15. The second kappa shape index (κ2) is 13.0. The molecule has 1 aliphatic rings. The Kier molecular flexibility index (Phi) is 9.77. The lowest BCUT2D eigenvalue weighted by atomic mass is 10.0. The van der Waals surface area contributed by atoms with Gasteiger partial charge in [0.15, 0.2) is 0 Å². The highest BCUT2D eigenvalue weighted by Gasteiger charge is 2.31. The van der Waals surface area contributed by atoms with Gasteiger partial charge in [0.25, 0.3) is 5.91 Å². The third-order valence-electron chi connectivity index (χ3n) is 5.53. The number of ketones is 1. The number of aromatic nitrogens is 1. The Bertz CT molecular complexity index is 1020. The van der Waals surface area contributed by atoms with Crippen LogP contribution in [0.4, 0.5) is 4.79 Å². The van der Waals surface area contributed by atoms with Gasteiger partial charge in [0.05, 0.1) is 16.7 Å². The van der Waals surface area contributed by atoms with Crippen LogP contribution in [0.1, 0.15) is 49.4 Å². The van der Waals surface area contributed by atoms with Gasteiger partial charge in [0.1, 0.15) is 12.6 Å². The van der Waals surface area contributed by atoms with Crippen LogP contribution < -0.4 is 16.0 Å². The molecular formula is C25H32N4O5S. The first-order chi connectivity index (χ1) is 16.8. The molecule has 2 bridgehead atoms. The highest BCUT2D eigenvalue weighted by atomic mass is 32.1. The second-order valence-corrected chi connectivity index (χ2v) is 9.89. The minimum absolute atomic E-state index is 0.0692. The summed E-state index contributed by atoms with van der Waals surface area (Å²) >= 11 is 1.51. The Morgan fingerprint density at radius 1 is 1.20 bits per heavy atom. The van der Waals surface area contributed by atoms with Crippen LogP contribution in [0.2, 0.25) is 0 Å². The van der Waals surface area contributed by atoms with E-state index >= 15 is 0 Å². The maximum atomic E-state index is 13.1. The summed E-state index contributed by atoms with van der Waals surface area (Å²) in [6, 6.07) is 7.27. The van der Waals surface area contributed by atoms with E-state index < -0.39 is 35.8 Å². The molecule has 188 valence electrons. The molecule has 2 aromatic rings. The van der Waals surface area contributed by atoms with Gasteiger partial charge in [0, 0.05) is 18.3 Å². The zero-order valence-electron chi connectivity index (χ0n) is 20.0. The number of ether oxygens (including phenoxy) is 1. The summed E-state index contributed by atoms with van der Waals surface area (Å²) in [5.74, 6) is -1.87. The Morgan fingerprint density at radius 2 is 1.97 bits per heavy atom. The maximum Gasteiger partial charge on any atom is 0.408 e. The number of benzene rings is 1. The average molecular weight is 501 g/mol. The number of carbonyl (C=O) groups excluding carboxylic acids is 4. The third-order valence-corrected chi connectivity index (χ3v) is 6.48. The van der Waals surface area contributed by atoms with Gasteiger partial charge < -0.3 is 20.7 Å². The number of carbonyl (C=O) groups is 4. The Labute approximate surface area is 209 Å². The fourth-order valence-corrected chi connectivity index (χ4v) is 4.56. The highest BCUT2D eigenvalue weighted by molar-refractivity contribution is 7.09. The summed E-state index contributed by atoms with van der Waals surface area (Å²) in [5, 5.41) is 10.8. The molecule has 35 heavy (non-hydrogen) atoms. The van der Waals surface area contributed by atoms with Crippen LogP contribution in [-0.4, -0.2) is 47.3 Å². The van der Waals surface area contributed by atoms with E-state index in [-0.39, 0.29) is 18.9 Å². The van der Waals surface area contributed by atoms with Crippen LogP contribution in [-0.2, 0) is 38.6 Å². The summed E-state index contributed by atoms with van der Waals surface area (Å²) in [5.41, 5.74) is 1.78. The van der Waals surface area contributed by atoms with Gasteiger partial charge >= 0.3 is 6.09 Å². The number of alkyl carbamates (subject to hydrolysis) is 1. The van der Waals surface area contributed by atoms with Crippen molar-refractivity contribution < 1.29 is 23.9 Å². The Balaban J connectivity index is 1.66. The zero-order valence-corrected chi connectivity index (χ0v) is 20.9. The third kappa shape index (κ3) is 8.47. The van der Waals surface area contributed by atoms with Crippen LogP contribution in [0.25, 0.3) is 0 Å². The molecule has 0 saturated heterocycles.